The summed E-state index contributed by atoms with van der Waals surface area (Å²) in [5.41, 5.74) is 4.40. The minimum absolute atomic E-state index is 0.0168. The summed E-state index contributed by atoms with van der Waals surface area (Å²) in [5, 5.41) is 0. The second kappa shape index (κ2) is 6.25. The normalized spacial score (nSPS) is 18.0. The zero-order chi connectivity index (χ0) is 15.6. The largest absolute Gasteiger partial charge is 0.394 e. The van der Waals surface area contributed by atoms with Crippen LogP contribution < -0.4 is 10.5 Å². The first-order chi connectivity index (χ1) is 9.83. The van der Waals surface area contributed by atoms with Crippen molar-refractivity contribution < 1.29 is 17.2 Å². The van der Waals surface area contributed by atoms with Crippen molar-refractivity contribution in [3.05, 3.63) is 23.8 Å². The van der Waals surface area contributed by atoms with Crippen molar-refractivity contribution >= 4 is 15.7 Å². The van der Waals surface area contributed by atoms with Crippen molar-refractivity contribution in [3.8, 4) is 0 Å². The monoisotopic (exact) mass is 319 g/mol. The third-order valence-corrected chi connectivity index (χ3v) is 5.15. The predicted molar refractivity (Wildman–Crippen MR) is 76.2 cm³/mol. The molecule has 1 saturated heterocycles. The first kappa shape index (κ1) is 16.1. The molecule has 1 aliphatic heterocycles. The highest BCUT2D eigenvalue weighted by atomic mass is 32.2. The third kappa shape index (κ3) is 3.50. The molecule has 2 rings (SSSR count). The van der Waals surface area contributed by atoms with Gasteiger partial charge in [-0.05, 0) is 45.0 Å². The fourth-order valence-corrected chi connectivity index (χ4v) is 3.59. The quantitative estimate of drug-likeness (QED) is 0.803. The maximum absolute atomic E-state index is 13.8. The number of nitrogens with two attached hydrogens (primary N) is 1. The van der Waals surface area contributed by atoms with E-state index in [1.807, 2.05) is 6.92 Å². The average Bonchev–Trinajstić information content (AvgIpc) is 2.96. The van der Waals surface area contributed by atoms with Crippen LogP contribution in [0, 0.1) is 11.6 Å². The molecule has 1 aromatic carbocycles. The van der Waals surface area contributed by atoms with Crippen molar-refractivity contribution in [3.63, 3.8) is 0 Å². The van der Waals surface area contributed by atoms with Gasteiger partial charge in [-0.15, -0.1) is 0 Å². The van der Waals surface area contributed by atoms with Crippen LogP contribution >= 0.6 is 0 Å². The number of hydrogen-bond acceptors (Lipinski definition) is 4. The van der Waals surface area contributed by atoms with Gasteiger partial charge in [-0.2, -0.15) is 0 Å². The second-order valence-corrected chi connectivity index (χ2v) is 6.95. The first-order valence-electron chi connectivity index (χ1n) is 6.80. The van der Waals surface area contributed by atoms with Crippen molar-refractivity contribution in [2.75, 3.05) is 25.4 Å². The Morgan fingerprint density at radius 3 is 2.57 bits per heavy atom. The van der Waals surface area contributed by atoms with Gasteiger partial charge in [0.25, 0.3) is 0 Å². The highest BCUT2D eigenvalue weighted by Gasteiger charge is 2.24. The molecule has 21 heavy (non-hydrogen) atoms. The van der Waals surface area contributed by atoms with Gasteiger partial charge < -0.3 is 5.73 Å². The third-order valence-electron chi connectivity index (χ3n) is 3.71. The SMILES string of the molecule is CC(CNS(=O)(=O)c1ccc(F)c(N)c1F)N1CCCC1. The van der Waals surface area contributed by atoms with E-state index < -0.39 is 32.2 Å². The van der Waals surface area contributed by atoms with Gasteiger partial charge in [0.05, 0.1) is 0 Å². The zero-order valence-electron chi connectivity index (χ0n) is 11.8. The zero-order valence-corrected chi connectivity index (χ0v) is 12.6. The number of nitrogens with zero attached hydrogens (tertiary/aromatic N) is 1. The maximum atomic E-state index is 13.8. The molecule has 1 fully saturated rings. The average molecular weight is 319 g/mol. The molecular formula is C13H19F2N3O2S. The molecular weight excluding hydrogens is 300 g/mol. The van der Waals surface area contributed by atoms with Crippen molar-refractivity contribution in [2.45, 2.75) is 30.7 Å². The van der Waals surface area contributed by atoms with E-state index in [1.54, 1.807) is 0 Å². The Bertz CT molecular complexity index is 616. The fraction of sp³-hybridized carbons (Fsp3) is 0.538. The van der Waals surface area contributed by atoms with Gasteiger partial charge in [0.2, 0.25) is 10.0 Å². The number of sulfonamides is 1. The lowest BCUT2D eigenvalue weighted by atomic mass is 10.3. The molecule has 0 spiro atoms. The number of anilines is 1. The van der Waals surface area contributed by atoms with Crippen LogP contribution in [0.4, 0.5) is 14.5 Å². The van der Waals surface area contributed by atoms with Gasteiger partial charge in [0.15, 0.2) is 5.82 Å². The molecule has 5 nitrogen and oxygen atoms in total. The van der Waals surface area contributed by atoms with E-state index in [2.05, 4.69) is 9.62 Å². The van der Waals surface area contributed by atoms with Gasteiger partial charge in [0, 0.05) is 12.6 Å². The van der Waals surface area contributed by atoms with Crippen molar-refractivity contribution in [1.29, 1.82) is 0 Å². The Balaban J connectivity index is 2.10. The first-order valence-corrected chi connectivity index (χ1v) is 8.28. The molecule has 0 aromatic heterocycles. The van der Waals surface area contributed by atoms with E-state index in [0.717, 1.165) is 38.1 Å². The second-order valence-electron chi connectivity index (χ2n) is 5.22. The van der Waals surface area contributed by atoms with E-state index in [9.17, 15) is 17.2 Å². The lowest BCUT2D eigenvalue weighted by Gasteiger charge is -2.23. The Labute approximate surface area is 123 Å². The van der Waals surface area contributed by atoms with Crippen LogP contribution in [-0.2, 0) is 10.0 Å². The minimum atomic E-state index is -4.05. The summed E-state index contributed by atoms with van der Waals surface area (Å²) >= 11 is 0. The molecule has 8 heteroatoms. The number of halogens is 2. The van der Waals surface area contributed by atoms with Gasteiger partial charge in [-0.1, -0.05) is 0 Å². The summed E-state index contributed by atoms with van der Waals surface area (Å²) in [7, 11) is -4.05. The van der Waals surface area contributed by atoms with Gasteiger partial charge in [0.1, 0.15) is 16.4 Å². The van der Waals surface area contributed by atoms with Gasteiger partial charge in [-0.3, -0.25) is 4.90 Å². The van der Waals surface area contributed by atoms with Crippen LogP contribution in [0.15, 0.2) is 17.0 Å². The highest BCUT2D eigenvalue weighted by molar-refractivity contribution is 7.89. The number of benzene rings is 1. The summed E-state index contributed by atoms with van der Waals surface area (Å²) in [6.07, 6.45) is 2.19. The molecule has 3 N–H and O–H groups in total. The molecule has 1 unspecified atom stereocenters. The Morgan fingerprint density at radius 2 is 1.95 bits per heavy atom. The molecule has 0 saturated carbocycles. The molecule has 1 atom stereocenters. The molecule has 0 bridgehead atoms. The summed E-state index contributed by atoms with van der Waals surface area (Å²) in [6.45, 7) is 3.93. The molecule has 1 aliphatic rings. The van der Waals surface area contributed by atoms with Crippen LogP contribution in [0.2, 0.25) is 0 Å². The van der Waals surface area contributed by atoms with Crippen LogP contribution in [0.3, 0.4) is 0 Å². The molecule has 0 aliphatic carbocycles. The minimum Gasteiger partial charge on any atom is -0.394 e. The summed E-state index contributed by atoms with van der Waals surface area (Å²) in [4.78, 5) is 1.53. The fourth-order valence-electron chi connectivity index (χ4n) is 2.38. The van der Waals surface area contributed by atoms with E-state index in [4.69, 9.17) is 5.73 Å². The Hall–Kier alpha value is -1.25. The number of hydrogen-bond donors (Lipinski definition) is 2. The number of rotatable bonds is 5. The van der Waals surface area contributed by atoms with Gasteiger partial charge >= 0.3 is 0 Å². The molecule has 0 radical (unpaired) electrons. The van der Waals surface area contributed by atoms with Gasteiger partial charge in [-0.25, -0.2) is 21.9 Å². The van der Waals surface area contributed by atoms with Crippen molar-refractivity contribution in [1.82, 2.24) is 9.62 Å². The molecule has 1 aromatic rings. The van der Waals surface area contributed by atoms with E-state index in [-0.39, 0.29) is 12.6 Å². The Kier molecular flexibility index (Phi) is 4.80. The highest BCUT2D eigenvalue weighted by Crippen LogP contribution is 2.22. The summed E-state index contributed by atoms with van der Waals surface area (Å²) in [6, 6.07) is 1.74. The van der Waals surface area contributed by atoms with E-state index in [1.165, 1.54) is 0 Å². The molecule has 0 amide bonds. The molecule has 118 valence electrons. The van der Waals surface area contributed by atoms with Crippen molar-refractivity contribution in [2.24, 2.45) is 0 Å². The summed E-state index contributed by atoms with van der Waals surface area (Å²) < 4.78 is 53.4. The summed E-state index contributed by atoms with van der Waals surface area (Å²) in [5.74, 6) is -2.23. The lowest BCUT2D eigenvalue weighted by molar-refractivity contribution is 0.260. The maximum Gasteiger partial charge on any atom is 0.243 e. The number of nitrogens with one attached hydrogen (secondary N) is 1. The predicted octanol–water partition coefficient (Wildman–Crippen LogP) is 1.31. The standard InChI is InChI=1S/C13H19F2N3O2S/c1-9(18-6-2-3-7-18)8-17-21(19,20)11-5-4-10(14)13(16)12(11)15/h4-5,9,17H,2-3,6-8,16H2,1H3. The van der Waals surface area contributed by atoms with Crippen LogP contribution in [0.5, 0.6) is 0 Å². The number of nitrogen functional groups attached to an aromatic ring is 1. The molecule has 1 heterocycles. The lowest BCUT2D eigenvalue weighted by Crippen LogP contribution is -2.40. The van der Waals surface area contributed by atoms with Crippen LogP contribution in [0.25, 0.3) is 0 Å². The number of likely N-dealkylation sites (tertiary alicyclic amines) is 1. The smallest absolute Gasteiger partial charge is 0.243 e. The van der Waals surface area contributed by atoms with E-state index in [0.29, 0.717) is 0 Å². The topological polar surface area (TPSA) is 75.4 Å². The van der Waals surface area contributed by atoms with E-state index >= 15 is 0 Å². The van der Waals surface area contributed by atoms with Crippen LogP contribution in [-0.4, -0.2) is 39.0 Å². The van der Waals surface area contributed by atoms with Crippen LogP contribution in [0.1, 0.15) is 19.8 Å². The Morgan fingerprint density at radius 1 is 1.33 bits per heavy atom.